The molecule has 2 aromatic carbocycles. The first-order chi connectivity index (χ1) is 10.9. The molecule has 0 radical (unpaired) electrons. The molecule has 0 aromatic heterocycles. The molecule has 0 saturated heterocycles. The standard InChI is InChI=1S/C17H17Cl3N2O/c1-10(13-5-3-4-6-14(13)19)21-11(2)17(23)22-16-8-7-12(18)9-15(16)20/h3-11,21H,1-2H3,(H,22,23)/p+1/t10-,11+/m1/s1. The lowest BCUT2D eigenvalue weighted by atomic mass is 10.1. The van der Waals surface area contributed by atoms with Crippen molar-refractivity contribution in [3.8, 4) is 0 Å². The molecule has 3 nitrogen and oxygen atoms in total. The van der Waals surface area contributed by atoms with E-state index in [1.54, 1.807) is 18.2 Å². The summed E-state index contributed by atoms with van der Waals surface area (Å²) >= 11 is 18.1. The number of carbonyl (C=O) groups is 1. The number of hydrogen-bond donors (Lipinski definition) is 2. The number of nitrogens with two attached hydrogens (primary N) is 1. The van der Waals surface area contributed by atoms with E-state index in [1.165, 1.54) is 0 Å². The second kappa shape index (κ2) is 8.02. The summed E-state index contributed by atoms with van der Waals surface area (Å²) in [6.45, 7) is 3.85. The highest BCUT2D eigenvalue weighted by Crippen LogP contribution is 2.25. The van der Waals surface area contributed by atoms with Crippen molar-refractivity contribution in [3.63, 3.8) is 0 Å². The topological polar surface area (TPSA) is 45.7 Å². The third kappa shape index (κ3) is 4.85. The van der Waals surface area contributed by atoms with Gasteiger partial charge in [0.15, 0.2) is 6.04 Å². The van der Waals surface area contributed by atoms with Crippen LogP contribution in [0.2, 0.25) is 15.1 Å². The molecule has 0 bridgehead atoms. The van der Waals surface area contributed by atoms with Crippen LogP contribution in [-0.4, -0.2) is 11.9 Å². The summed E-state index contributed by atoms with van der Waals surface area (Å²) in [5.74, 6) is -0.131. The van der Waals surface area contributed by atoms with Gasteiger partial charge in [0.2, 0.25) is 0 Å². The van der Waals surface area contributed by atoms with E-state index in [9.17, 15) is 4.79 Å². The Morgan fingerprint density at radius 3 is 2.39 bits per heavy atom. The number of carbonyl (C=O) groups excluding carboxylic acids is 1. The number of hydrogen-bond acceptors (Lipinski definition) is 1. The van der Waals surface area contributed by atoms with Crippen LogP contribution in [0.1, 0.15) is 25.5 Å². The van der Waals surface area contributed by atoms with E-state index in [1.807, 2.05) is 43.4 Å². The molecule has 0 saturated carbocycles. The third-order valence-corrected chi connectivity index (χ3v) is 4.47. The third-order valence-electron chi connectivity index (χ3n) is 3.58. The minimum absolute atomic E-state index is 0.0603. The summed E-state index contributed by atoms with van der Waals surface area (Å²) in [6.07, 6.45) is 0. The first-order valence-corrected chi connectivity index (χ1v) is 8.37. The molecule has 0 fully saturated rings. The largest absolute Gasteiger partial charge is 0.330 e. The molecule has 0 spiro atoms. The highest BCUT2D eigenvalue weighted by atomic mass is 35.5. The molecule has 2 rings (SSSR count). The summed E-state index contributed by atoms with van der Waals surface area (Å²) in [6, 6.07) is 12.4. The van der Waals surface area contributed by atoms with Gasteiger partial charge in [0, 0.05) is 15.6 Å². The minimum atomic E-state index is -0.298. The molecule has 0 aliphatic rings. The summed E-state index contributed by atoms with van der Waals surface area (Å²) in [4.78, 5) is 12.3. The Hall–Kier alpha value is -1.26. The van der Waals surface area contributed by atoms with Crippen LogP contribution in [0.3, 0.4) is 0 Å². The van der Waals surface area contributed by atoms with Crippen molar-refractivity contribution in [2.75, 3.05) is 5.32 Å². The molecule has 1 amide bonds. The second-order valence-electron chi connectivity index (χ2n) is 5.40. The number of amides is 1. The monoisotopic (exact) mass is 371 g/mol. The Kier molecular flexibility index (Phi) is 6.31. The zero-order valence-electron chi connectivity index (χ0n) is 12.8. The molecule has 0 heterocycles. The maximum Gasteiger partial charge on any atom is 0.282 e. The van der Waals surface area contributed by atoms with Crippen molar-refractivity contribution in [1.29, 1.82) is 0 Å². The van der Waals surface area contributed by atoms with E-state index in [0.717, 1.165) is 5.56 Å². The van der Waals surface area contributed by atoms with Crippen LogP contribution < -0.4 is 10.6 Å². The van der Waals surface area contributed by atoms with Crippen LogP contribution in [-0.2, 0) is 4.79 Å². The zero-order chi connectivity index (χ0) is 17.0. The number of anilines is 1. The molecule has 23 heavy (non-hydrogen) atoms. The maximum absolute atomic E-state index is 12.3. The Labute approximate surface area is 150 Å². The van der Waals surface area contributed by atoms with E-state index < -0.39 is 0 Å². The molecule has 2 atom stereocenters. The van der Waals surface area contributed by atoms with Crippen molar-refractivity contribution in [2.24, 2.45) is 0 Å². The summed E-state index contributed by atoms with van der Waals surface area (Å²) in [5.41, 5.74) is 1.55. The number of benzene rings is 2. The van der Waals surface area contributed by atoms with Gasteiger partial charge in [0.25, 0.3) is 5.91 Å². The van der Waals surface area contributed by atoms with E-state index in [-0.39, 0.29) is 18.0 Å². The van der Waals surface area contributed by atoms with Crippen molar-refractivity contribution in [1.82, 2.24) is 0 Å². The first kappa shape index (κ1) is 18.1. The number of rotatable bonds is 5. The molecule has 122 valence electrons. The highest BCUT2D eigenvalue weighted by molar-refractivity contribution is 6.36. The number of quaternary nitrogens is 1. The molecule has 0 aliphatic carbocycles. The average Bonchev–Trinajstić information content (AvgIpc) is 2.50. The summed E-state index contributed by atoms with van der Waals surface area (Å²) < 4.78 is 0. The predicted molar refractivity (Wildman–Crippen MR) is 96.3 cm³/mol. The second-order valence-corrected chi connectivity index (χ2v) is 6.66. The molecule has 0 unspecified atom stereocenters. The van der Waals surface area contributed by atoms with Crippen LogP contribution in [0.5, 0.6) is 0 Å². The molecular formula is C17H18Cl3N2O+. The fourth-order valence-electron chi connectivity index (χ4n) is 2.31. The van der Waals surface area contributed by atoms with Gasteiger partial charge in [-0.1, -0.05) is 53.0 Å². The lowest BCUT2D eigenvalue weighted by molar-refractivity contribution is -0.709. The van der Waals surface area contributed by atoms with Gasteiger partial charge in [-0.25, -0.2) is 0 Å². The molecule has 0 aliphatic heterocycles. The van der Waals surface area contributed by atoms with Crippen LogP contribution in [0, 0.1) is 0 Å². The summed E-state index contributed by atoms with van der Waals surface area (Å²) in [5, 5.41) is 6.41. The Bertz CT molecular complexity index is 706. The molecule has 2 aromatic rings. The normalized spacial score (nSPS) is 13.4. The van der Waals surface area contributed by atoms with Crippen LogP contribution in [0.25, 0.3) is 0 Å². The van der Waals surface area contributed by atoms with Gasteiger partial charge >= 0.3 is 0 Å². The fourth-order valence-corrected chi connectivity index (χ4v) is 3.07. The maximum atomic E-state index is 12.3. The van der Waals surface area contributed by atoms with Crippen LogP contribution in [0.15, 0.2) is 42.5 Å². The van der Waals surface area contributed by atoms with Gasteiger partial charge in [-0.2, -0.15) is 0 Å². The Balaban J connectivity index is 2.01. The van der Waals surface area contributed by atoms with Gasteiger partial charge in [-0.3, -0.25) is 4.79 Å². The average molecular weight is 373 g/mol. The van der Waals surface area contributed by atoms with Crippen LogP contribution in [0.4, 0.5) is 5.69 Å². The van der Waals surface area contributed by atoms with Gasteiger partial charge in [-0.05, 0) is 38.1 Å². The van der Waals surface area contributed by atoms with Gasteiger partial charge < -0.3 is 10.6 Å². The quantitative estimate of drug-likeness (QED) is 0.807. The molecular weight excluding hydrogens is 355 g/mol. The smallest absolute Gasteiger partial charge is 0.282 e. The Morgan fingerprint density at radius 2 is 1.74 bits per heavy atom. The zero-order valence-corrected chi connectivity index (χ0v) is 15.1. The highest BCUT2D eigenvalue weighted by Gasteiger charge is 2.22. The van der Waals surface area contributed by atoms with E-state index in [0.29, 0.717) is 20.8 Å². The fraction of sp³-hybridized carbons (Fsp3) is 0.235. The van der Waals surface area contributed by atoms with Crippen molar-refractivity contribution in [3.05, 3.63) is 63.1 Å². The Morgan fingerprint density at radius 1 is 1.04 bits per heavy atom. The van der Waals surface area contributed by atoms with Crippen molar-refractivity contribution >= 4 is 46.4 Å². The van der Waals surface area contributed by atoms with Crippen molar-refractivity contribution in [2.45, 2.75) is 25.9 Å². The van der Waals surface area contributed by atoms with E-state index >= 15 is 0 Å². The summed E-state index contributed by atoms with van der Waals surface area (Å²) in [7, 11) is 0. The SMILES string of the molecule is C[C@H]([NH2+][C@H](C)c1ccccc1Cl)C(=O)Nc1ccc(Cl)cc1Cl. The van der Waals surface area contributed by atoms with Crippen molar-refractivity contribution < 1.29 is 10.1 Å². The number of nitrogens with one attached hydrogen (secondary N) is 1. The molecule has 3 N–H and O–H groups in total. The van der Waals surface area contributed by atoms with Gasteiger partial charge in [0.05, 0.1) is 10.7 Å². The first-order valence-electron chi connectivity index (χ1n) is 7.24. The van der Waals surface area contributed by atoms with Gasteiger partial charge in [-0.15, -0.1) is 0 Å². The van der Waals surface area contributed by atoms with Crippen LogP contribution >= 0.6 is 34.8 Å². The number of halogens is 3. The minimum Gasteiger partial charge on any atom is -0.330 e. The van der Waals surface area contributed by atoms with Gasteiger partial charge in [0.1, 0.15) is 6.04 Å². The predicted octanol–water partition coefficient (Wildman–Crippen LogP) is 4.30. The van der Waals surface area contributed by atoms with E-state index in [4.69, 9.17) is 34.8 Å². The van der Waals surface area contributed by atoms with E-state index in [2.05, 4.69) is 5.32 Å². The lowest BCUT2D eigenvalue weighted by Gasteiger charge is -2.18. The molecule has 6 heteroatoms. The lowest BCUT2D eigenvalue weighted by Crippen LogP contribution is -2.91.